The van der Waals surface area contributed by atoms with Gasteiger partial charge in [0.15, 0.2) is 0 Å². The van der Waals surface area contributed by atoms with Crippen molar-refractivity contribution >= 4 is 44.8 Å². The van der Waals surface area contributed by atoms with Crippen LogP contribution in [-0.2, 0) is 16.6 Å². The normalized spacial score (nSPS) is 14.7. The lowest BCUT2D eigenvalue weighted by Gasteiger charge is -2.01. The Morgan fingerprint density at radius 1 is 0.885 bits per heavy atom. The average molecular weight is 342 g/mol. The van der Waals surface area contributed by atoms with Crippen molar-refractivity contribution in [3.63, 3.8) is 0 Å². The number of aromatic amines is 1. The highest BCUT2D eigenvalue weighted by molar-refractivity contribution is 6.50. The number of imide groups is 1. The van der Waals surface area contributed by atoms with Crippen molar-refractivity contribution in [2.45, 2.75) is 0 Å². The van der Waals surface area contributed by atoms with Crippen LogP contribution in [0.25, 0.3) is 33.0 Å². The molecule has 26 heavy (non-hydrogen) atoms. The maximum atomic E-state index is 12.6. The SMILES string of the molecule is Cn1cc(C2=C(c3n[nH]c4ccccc34)C(=O)NC2=O)c2ccccc21. The Kier molecular flexibility index (Phi) is 2.91. The Bertz CT molecular complexity index is 1260. The molecule has 1 aliphatic rings. The van der Waals surface area contributed by atoms with E-state index in [9.17, 15) is 9.59 Å². The van der Waals surface area contributed by atoms with Crippen LogP contribution in [-0.4, -0.2) is 26.6 Å². The van der Waals surface area contributed by atoms with Crippen LogP contribution in [0.2, 0.25) is 0 Å². The minimum Gasteiger partial charge on any atom is -0.350 e. The summed E-state index contributed by atoms with van der Waals surface area (Å²) in [4.78, 5) is 25.2. The number of nitrogens with one attached hydrogen (secondary N) is 2. The Labute approximate surface area is 148 Å². The second-order valence-corrected chi connectivity index (χ2v) is 6.32. The Hall–Kier alpha value is -3.67. The van der Waals surface area contributed by atoms with Gasteiger partial charge in [-0.1, -0.05) is 36.4 Å². The molecule has 0 bridgehead atoms. The van der Waals surface area contributed by atoms with Crippen molar-refractivity contribution in [1.29, 1.82) is 0 Å². The Morgan fingerprint density at radius 3 is 2.42 bits per heavy atom. The van der Waals surface area contributed by atoms with Crippen LogP contribution < -0.4 is 5.32 Å². The van der Waals surface area contributed by atoms with Crippen LogP contribution in [0.5, 0.6) is 0 Å². The summed E-state index contributed by atoms with van der Waals surface area (Å²) in [6, 6.07) is 15.4. The summed E-state index contributed by atoms with van der Waals surface area (Å²) in [6.45, 7) is 0. The molecule has 126 valence electrons. The van der Waals surface area contributed by atoms with Gasteiger partial charge in [0.25, 0.3) is 11.8 Å². The van der Waals surface area contributed by atoms with Gasteiger partial charge >= 0.3 is 0 Å². The van der Waals surface area contributed by atoms with Gasteiger partial charge in [0.05, 0.1) is 16.7 Å². The number of aromatic nitrogens is 3. The van der Waals surface area contributed by atoms with Crippen LogP contribution in [0.3, 0.4) is 0 Å². The third-order valence-corrected chi connectivity index (χ3v) is 4.80. The standard InChI is InChI=1S/C20H14N4O2/c1-24-10-13(11-6-3-5-9-15(11)24)16-17(20(26)21-19(16)25)18-12-7-2-4-8-14(12)22-23-18/h2-10H,1H3,(H,22,23)(H,21,25,26). The third kappa shape index (κ3) is 1.89. The van der Waals surface area contributed by atoms with Gasteiger partial charge in [-0.05, 0) is 12.1 Å². The summed E-state index contributed by atoms with van der Waals surface area (Å²) in [7, 11) is 1.92. The highest BCUT2D eigenvalue weighted by Gasteiger charge is 2.35. The predicted octanol–water partition coefficient (Wildman–Crippen LogP) is 2.62. The Balaban J connectivity index is 1.87. The molecule has 0 atom stereocenters. The summed E-state index contributed by atoms with van der Waals surface area (Å²) in [5.74, 6) is -0.816. The van der Waals surface area contributed by atoms with Crippen molar-refractivity contribution < 1.29 is 9.59 Å². The molecule has 3 heterocycles. The summed E-state index contributed by atoms with van der Waals surface area (Å²) in [6.07, 6.45) is 1.88. The predicted molar refractivity (Wildman–Crippen MR) is 99.0 cm³/mol. The zero-order valence-corrected chi connectivity index (χ0v) is 13.9. The van der Waals surface area contributed by atoms with Gasteiger partial charge in [0, 0.05) is 35.1 Å². The van der Waals surface area contributed by atoms with Crippen molar-refractivity contribution in [2.75, 3.05) is 0 Å². The number of nitrogens with zero attached hydrogens (tertiary/aromatic N) is 2. The average Bonchev–Trinajstić information content (AvgIpc) is 3.29. The van der Waals surface area contributed by atoms with Crippen LogP contribution in [0, 0.1) is 0 Å². The quantitative estimate of drug-likeness (QED) is 0.550. The number of benzene rings is 2. The number of para-hydroxylation sites is 2. The summed E-state index contributed by atoms with van der Waals surface area (Å²) >= 11 is 0. The Morgan fingerprint density at radius 2 is 1.58 bits per heavy atom. The molecule has 1 aliphatic heterocycles. The van der Waals surface area contributed by atoms with Crippen molar-refractivity contribution in [3.05, 3.63) is 66.0 Å². The van der Waals surface area contributed by atoms with Crippen LogP contribution in [0.1, 0.15) is 11.3 Å². The van der Waals surface area contributed by atoms with Crippen LogP contribution in [0.15, 0.2) is 54.7 Å². The highest BCUT2D eigenvalue weighted by Crippen LogP contribution is 2.36. The lowest BCUT2D eigenvalue weighted by atomic mass is 9.97. The lowest BCUT2D eigenvalue weighted by molar-refractivity contribution is -0.122. The minimum atomic E-state index is -0.421. The van der Waals surface area contributed by atoms with Gasteiger partial charge in [-0.25, -0.2) is 0 Å². The molecule has 0 aliphatic carbocycles. The van der Waals surface area contributed by atoms with Crippen LogP contribution in [0.4, 0.5) is 0 Å². The molecule has 0 saturated carbocycles. The summed E-state index contributed by atoms with van der Waals surface area (Å²) in [5.41, 5.74) is 3.71. The van der Waals surface area contributed by atoms with E-state index in [1.165, 1.54) is 0 Å². The molecule has 4 aromatic rings. The fraction of sp³-hybridized carbons (Fsp3) is 0.0500. The largest absolute Gasteiger partial charge is 0.350 e. The molecule has 6 nitrogen and oxygen atoms in total. The molecule has 2 amide bonds. The van der Waals surface area contributed by atoms with E-state index in [0.29, 0.717) is 16.8 Å². The smallest absolute Gasteiger partial charge is 0.261 e. The number of rotatable bonds is 2. The molecule has 0 saturated heterocycles. The van der Waals surface area contributed by atoms with Crippen LogP contribution >= 0.6 is 0 Å². The molecule has 2 aromatic carbocycles. The number of carbonyl (C=O) groups is 2. The first kappa shape index (κ1) is 14.7. The molecule has 0 unspecified atom stereocenters. The first-order valence-corrected chi connectivity index (χ1v) is 8.23. The maximum absolute atomic E-state index is 12.6. The highest BCUT2D eigenvalue weighted by atomic mass is 16.2. The van der Waals surface area contributed by atoms with E-state index in [1.54, 1.807) is 0 Å². The van der Waals surface area contributed by atoms with E-state index in [1.807, 2.05) is 66.3 Å². The summed E-state index contributed by atoms with van der Waals surface area (Å²) in [5, 5.41) is 11.4. The molecule has 5 rings (SSSR count). The fourth-order valence-electron chi connectivity index (χ4n) is 3.63. The van der Waals surface area contributed by atoms with Gasteiger partial charge in [-0.3, -0.25) is 20.0 Å². The molecular formula is C20H14N4O2. The zero-order chi connectivity index (χ0) is 17.8. The topological polar surface area (TPSA) is 79.8 Å². The number of hydrogen-bond acceptors (Lipinski definition) is 3. The number of aryl methyl sites for hydroxylation is 1. The summed E-state index contributed by atoms with van der Waals surface area (Å²) < 4.78 is 1.95. The molecule has 0 spiro atoms. The number of H-pyrrole nitrogens is 1. The second-order valence-electron chi connectivity index (χ2n) is 6.32. The number of carbonyl (C=O) groups excluding carboxylic acids is 2. The van der Waals surface area contributed by atoms with Gasteiger partial charge in [0.2, 0.25) is 0 Å². The van der Waals surface area contributed by atoms with Gasteiger partial charge in [0.1, 0.15) is 5.69 Å². The van der Waals surface area contributed by atoms with Crippen molar-refractivity contribution in [1.82, 2.24) is 20.1 Å². The maximum Gasteiger partial charge on any atom is 0.261 e. The monoisotopic (exact) mass is 342 g/mol. The van der Waals surface area contributed by atoms with Gasteiger partial charge in [-0.15, -0.1) is 0 Å². The molecule has 0 fully saturated rings. The second kappa shape index (κ2) is 5.16. The fourth-order valence-corrected chi connectivity index (χ4v) is 3.63. The van der Waals surface area contributed by atoms with E-state index in [-0.39, 0.29) is 0 Å². The van der Waals surface area contributed by atoms with E-state index >= 15 is 0 Å². The van der Waals surface area contributed by atoms with Gasteiger partial charge < -0.3 is 4.57 Å². The molecular weight excluding hydrogens is 328 g/mol. The number of amides is 2. The van der Waals surface area contributed by atoms with Crippen molar-refractivity contribution in [2.24, 2.45) is 7.05 Å². The molecule has 0 radical (unpaired) electrons. The lowest BCUT2D eigenvalue weighted by Crippen LogP contribution is -2.22. The first-order valence-electron chi connectivity index (χ1n) is 8.23. The zero-order valence-electron chi connectivity index (χ0n) is 13.9. The molecule has 2 N–H and O–H groups in total. The van der Waals surface area contributed by atoms with E-state index in [2.05, 4.69) is 15.5 Å². The first-order chi connectivity index (χ1) is 12.6. The number of hydrogen-bond donors (Lipinski definition) is 2. The number of fused-ring (bicyclic) bond motifs is 2. The van der Waals surface area contributed by atoms with E-state index in [4.69, 9.17) is 0 Å². The third-order valence-electron chi connectivity index (χ3n) is 4.80. The minimum absolute atomic E-state index is 0.309. The molecule has 6 heteroatoms. The van der Waals surface area contributed by atoms with Gasteiger partial charge in [-0.2, -0.15) is 5.10 Å². The van der Waals surface area contributed by atoms with Crippen molar-refractivity contribution in [3.8, 4) is 0 Å². The van der Waals surface area contributed by atoms with E-state index in [0.717, 1.165) is 27.4 Å². The van der Waals surface area contributed by atoms with E-state index < -0.39 is 11.8 Å². The molecule has 2 aromatic heterocycles.